The third-order valence-corrected chi connectivity index (χ3v) is 2.26. The van der Waals surface area contributed by atoms with Gasteiger partial charge in [-0.2, -0.15) is 0 Å². The van der Waals surface area contributed by atoms with Gasteiger partial charge in [-0.25, -0.2) is 0 Å². The monoisotopic (exact) mass is 213 g/mol. The van der Waals surface area contributed by atoms with Gasteiger partial charge in [0.25, 0.3) is 0 Å². The van der Waals surface area contributed by atoms with E-state index in [9.17, 15) is 0 Å². The molecule has 0 radical (unpaired) electrons. The molecule has 84 valence electrons. The van der Waals surface area contributed by atoms with Crippen molar-refractivity contribution >= 4 is 0 Å². The van der Waals surface area contributed by atoms with Gasteiger partial charge < -0.3 is 5.32 Å². The maximum absolute atomic E-state index is 3.96. The smallest absolute Gasteiger partial charge is 0.0205 e. The summed E-state index contributed by atoms with van der Waals surface area (Å²) < 4.78 is 0. The van der Waals surface area contributed by atoms with Crippen LogP contribution < -0.4 is 5.32 Å². The topological polar surface area (TPSA) is 12.0 Å². The lowest BCUT2D eigenvalue weighted by atomic mass is 10.2. The van der Waals surface area contributed by atoms with Crippen molar-refractivity contribution in [1.29, 1.82) is 0 Å². The highest BCUT2D eigenvalue weighted by Gasteiger charge is 1.91. The Balaban J connectivity index is 2.15. The van der Waals surface area contributed by atoms with Gasteiger partial charge in [0.15, 0.2) is 0 Å². The molecule has 1 aromatic rings. The Kier molecular flexibility index (Phi) is 5.97. The van der Waals surface area contributed by atoms with Crippen molar-refractivity contribution in [3.8, 4) is 0 Å². The fourth-order valence-corrected chi connectivity index (χ4v) is 1.36. The van der Waals surface area contributed by atoms with Crippen molar-refractivity contribution in [2.24, 2.45) is 0 Å². The molecule has 0 aromatic heterocycles. The number of benzene rings is 1. The molecule has 1 N–H and O–H groups in total. The van der Waals surface area contributed by atoms with Crippen LogP contribution in [0.25, 0.3) is 0 Å². The number of allylic oxidation sites excluding steroid dienone is 3. The van der Waals surface area contributed by atoms with E-state index < -0.39 is 0 Å². The van der Waals surface area contributed by atoms with Crippen LogP contribution in [0.3, 0.4) is 0 Å². The van der Waals surface area contributed by atoms with Crippen molar-refractivity contribution in [2.45, 2.75) is 13.0 Å². The van der Waals surface area contributed by atoms with Crippen LogP contribution in [0.2, 0.25) is 0 Å². The Morgan fingerprint density at radius 3 is 2.69 bits per heavy atom. The first-order valence-corrected chi connectivity index (χ1v) is 5.54. The van der Waals surface area contributed by atoms with E-state index in [0.717, 1.165) is 25.1 Å². The predicted molar refractivity (Wildman–Crippen MR) is 71.2 cm³/mol. The van der Waals surface area contributed by atoms with Gasteiger partial charge in [-0.1, -0.05) is 67.3 Å². The maximum atomic E-state index is 3.96. The SMILES string of the molecule is C=CC=CC(=C)CCNCc1ccccc1. The highest BCUT2D eigenvalue weighted by atomic mass is 14.8. The molecule has 1 heteroatoms. The molecule has 0 fully saturated rings. The highest BCUT2D eigenvalue weighted by Crippen LogP contribution is 2.00. The van der Waals surface area contributed by atoms with Gasteiger partial charge in [0.05, 0.1) is 0 Å². The van der Waals surface area contributed by atoms with E-state index in [2.05, 4.69) is 42.7 Å². The molecule has 0 atom stereocenters. The van der Waals surface area contributed by atoms with Crippen LogP contribution in [0.5, 0.6) is 0 Å². The normalized spacial score (nSPS) is 10.5. The molecule has 1 rings (SSSR count). The van der Waals surface area contributed by atoms with E-state index in [4.69, 9.17) is 0 Å². The van der Waals surface area contributed by atoms with Crippen LogP contribution in [-0.2, 0) is 6.54 Å². The van der Waals surface area contributed by atoms with Crippen molar-refractivity contribution in [1.82, 2.24) is 5.32 Å². The third-order valence-electron chi connectivity index (χ3n) is 2.26. The molecule has 0 aliphatic heterocycles. The molecule has 0 heterocycles. The summed E-state index contributed by atoms with van der Waals surface area (Å²) in [5, 5.41) is 3.39. The van der Waals surface area contributed by atoms with Crippen LogP contribution in [0.15, 0.2) is 67.3 Å². The first kappa shape index (κ1) is 12.5. The Hall–Kier alpha value is -1.60. The predicted octanol–water partition coefficient (Wildman–Crippen LogP) is 3.46. The summed E-state index contributed by atoms with van der Waals surface area (Å²) >= 11 is 0. The summed E-state index contributed by atoms with van der Waals surface area (Å²) in [4.78, 5) is 0. The summed E-state index contributed by atoms with van der Waals surface area (Å²) in [6, 6.07) is 10.4. The van der Waals surface area contributed by atoms with E-state index >= 15 is 0 Å². The van der Waals surface area contributed by atoms with Gasteiger partial charge >= 0.3 is 0 Å². The molecule has 0 saturated heterocycles. The molecular formula is C15H19N. The molecule has 1 aromatic carbocycles. The van der Waals surface area contributed by atoms with Crippen LogP contribution in [0.4, 0.5) is 0 Å². The van der Waals surface area contributed by atoms with E-state index in [0.29, 0.717) is 0 Å². The van der Waals surface area contributed by atoms with E-state index in [1.807, 2.05) is 18.2 Å². The lowest BCUT2D eigenvalue weighted by Crippen LogP contribution is -2.14. The average molecular weight is 213 g/mol. The average Bonchev–Trinajstić information content (AvgIpc) is 2.33. The molecule has 0 spiro atoms. The van der Waals surface area contributed by atoms with Crippen molar-refractivity contribution in [3.05, 3.63) is 72.9 Å². The second-order valence-electron chi connectivity index (χ2n) is 3.67. The zero-order valence-electron chi connectivity index (χ0n) is 9.65. The Morgan fingerprint density at radius 2 is 2.00 bits per heavy atom. The maximum Gasteiger partial charge on any atom is 0.0205 e. The molecule has 0 saturated carbocycles. The number of hydrogen-bond acceptors (Lipinski definition) is 1. The number of nitrogens with one attached hydrogen (secondary N) is 1. The van der Waals surface area contributed by atoms with Crippen LogP contribution in [0, 0.1) is 0 Å². The highest BCUT2D eigenvalue weighted by molar-refractivity contribution is 5.18. The molecule has 0 amide bonds. The molecule has 0 unspecified atom stereocenters. The zero-order chi connectivity index (χ0) is 11.6. The van der Waals surface area contributed by atoms with E-state index in [-0.39, 0.29) is 0 Å². The van der Waals surface area contributed by atoms with Crippen LogP contribution >= 0.6 is 0 Å². The van der Waals surface area contributed by atoms with Gasteiger partial charge in [-0.3, -0.25) is 0 Å². The summed E-state index contributed by atoms with van der Waals surface area (Å²) in [6.45, 7) is 9.46. The van der Waals surface area contributed by atoms with Gasteiger partial charge in [-0.05, 0) is 18.5 Å². The van der Waals surface area contributed by atoms with Gasteiger partial charge in [0, 0.05) is 6.54 Å². The zero-order valence-corrected chi connectivity index (χ0v) is 9.65. The third kappa shape index (κ3) is 5.32. The van der Waals surface area contributed by atoms with Crippen LogP contribution in [-0.4, -0.2) is 6.54 Å². The van der Waals surface area contributed by atoms with Gasteiger partial charge in [0.2, 0.25) is 0 Å². The molecular weight excluding hydrogens is 194 g/mol. The Labute approximate surface area is 98.2 Å². The number of rotatable bonds is 7. The molecule has 16 heavy (non-hydrogen) atoms. The minimum atomic E-state index is 0.916. The van der Waals surface area contributed by atoms with Crippen molar-refractivity contribution in [2.75, 3.05) is 6.54 Å². The first-order chi connectivity index (χ1) is 7.83. The second-order valence-corrected chi connectivity index (χ2v) is 3.67. The van der Waals surface area contributed by atoms with Crippen molar-refractivity contribution in [3.63, 3.8) is 0 Å². The first-order valence-electron chi connectivity index (χ1n) is 5.54. The Morgan fingerprint density at radius 1 is 1.25 bits per heavy atom. The molecule has 0 bridgehead atoms. The molecule has 0 aliphatic rings. The molecule has 0 aliphatic carbocycles. The molecule has 1 nitrogen and oxygen atoms in total. The fourth-order valence-electron chi connectivity index (χ4n) is 1.36. The van der Waals surface area contributed by atoms with Crippen molar-refractivity contribution < 1.29 is 0 Å². The fraction of sp³-hybridized carbons (Fsp3) is 0.200. The lowest BCUT2D eigenvalue weighted by molar-refractivity contribution is 0.689. The number of hydrogen-bond donors (Lipinski definition) is 1. The Bertz CT molecular complexity index is 349. The summed E-state index contributed by atoms with van der Waals surface area (Å²) in [7, 11) is 0. The van der Waals surface area contributed by atoms with Gasteiger partial charge in [-0.15, -0.1) is 0 Å². The van der Waals surface area contributed by atoms with E-state index in [1.165, 1.54) is 5.56 Å². The second kappa shape index (κ2) is 7.66. The lowest BCUT2D eigenvalue weighted by Gasteiger charge is -2.04. The quantitative estimate of drug-likeness (QED) is 0.540. The summed E-state index contributed by atoms with van der Waals surface area (Å²) in [6.07, 6.45) is 6.65. The standard InChI is InChI=1S/C15H19N/c1-3-4-8-14(2)11-12-16-13-15-9-6-5-7-10-15/h3-10,16H,1-2,11-13H2. The van der Waals surface area contributed by atoms with E-state index in [1.54, 1.807) is 6.08 Å². The summed E-state index contributed by atoms with van der Waals surface area (Å²) in [5.74, 6) is 0. The minimum absolute atomic E-state index is 0.916. The van der Waals surface area contributed by atoms with Gasteiger partial charge in [0.1, 0.15) is 0 Å². The summed E-state index contributed by atoms with van der Waals surface area (Å²) in [5.41, 5.74) is 2.44. The largest absolute Gasteiger partial charge is 0.312 e. The van der Waals surface area contributed by atoms with Crippen LogP contribution in [0.1, 0.15) is 12.0 Å². The minimum Gasteiger partial charge on any atom is -0.312 e.